The third-order valence-electron chi connectivity index (χ3n) is 10.6. The number of likely N-dealkylation sites (tertiary alicyclic amines) is 1. The summed E-state index contributed by atoms with van der Waals surface area (Å²) in [6, 6.07) is 20.1. The number of carbonyl (C=O) groups is 2. The molecule has 3 fully saturated rings. The minimum Gasteiger partial charge on any atom is -0.384 e. The highest BCUT2D eigenvalue weighted by molar-refractivity contribution is 6.00. The second-order valence-electron chi connectivity index (χ2n) is 14.2. The molecule has 2 amide bonds. The van der Waals surface area contributed by atoms with Crippen molar-refractivity contribution in [2.75, 3.05) is 63.2 Å². The van der Waals surface area contributed by atoms with Gasteiger partial charge in [-0.15, -0.1) is 0 Å². The summed E-state index contributed by atoms with van der Waals surface area (Å²) in [4.78, 5) is 47.3. The molecule has 3 aliphatic rings. The van der Waals surface area contributed by atoms with Crippen LogP contribution in [0.4, 0.5) is 11.4 Å². The summed E-state index contributed by atoms with van der Waals surface area (Å²) in [5.74, 6) is 1.24. The molecule has 2 aromatic carbocycles. The van der Waals surface area contributed by atoms with Gasteiger partial charge in [-0.1, -0.05) is 0 Å². The average molecular weight is 686 g/mol. The lowest BCUT2D eigenvalue weighted by molar-refractivity contribution is -0.135. The number of benzene rings is 2. The van der Waals surface area contributed by atoms with Crippen LogP contribution in [0.25, 0.3) is 33.5 Å². The summed E-state index contributed by atoms with van der Waals surface area (Å²) < 4.78 is 5.62. The minimum absolute atomic E-state index is 0.0493. The van der Waals surface area contributed by atoms with Gasteiger partial charge in [0.1, 0.15) is 5.69 Å². The predicted molar refractivity (Wildman–Crippen MR) is 196 cm³/mol. The fourth-order valence-electron chi connectivity index (χ4n) is 7.63. The Morgan fingerprint density at radius 3 is 2.55 bits per heavy atom. The first-order valence-electron chi connectivity index (χ1n) is 17.8. The van der Waals surface area contributed by atoms with Crippen molar-refractivity contribution in [1.82, 2.24) is 34.9 Å². The molecule has 5 aromatic rings. The molecule has 12 heteroatoms. The lowest BCUT2D eigenvalue weighted by Crippen LogP contribution is -2.56. The predicted octanol–water partition coefficient (Wildman–Crippen LogP) is 4.97. The molecule has 2 saturated heterocycles. The highest BCUT2D eigenvalue weighted by Crippen LogP contribution is 2.40. The van der Waals surface area contributed by atoms with E-state index in [1.54, 1.807) is 19.5 Å². The number of aromatic amines is 1. The van der Waals surface area contributed by atoms with E-state index in [1.165, 1.54) is 12.8 Å². The summed E-state index contributed by atoms with van der Waals surface area (Å²) in [5.41, 5.74) is 5.88. The van der Waals surface area contributed by atoms with E-state index in [2.05, 4.69) is 65.4 Å². The van der Waals surface area contributed by atoms with E-state index in [0.29, 0.717) is 43.5 Å². The first kappa shape index (κ1) is 33.0. The maximum Gasteiger partial charge on any atom is 0.237 e. The molecule has 2 aliphatic heterocycles. The molecule has 1 aliphatic carbocycles. The molecule has 262 valence electrons. The van der Waals surface area contributed by atoms with Gasteiger partial charge in [-0.25, -0.2) is 9.97 Å². The Morgan fingerprint density at radius 2 is 1.78 bits per heavy atom. The monoisotopic (exact) mass is 685 g/mol. The number of aromatic nitrogens is 5. The Balaban J connectivity index is 0.895. The van der Waals surface area contributed by atoms with Crippen LogP contribution in [0.3, 0.4) is 0 Å². The van der Waals surface area contributed by atoms with Gasteiger partial charge in [0.15, 0.2) is 5.82 Å². The van der Waals surface area contributed by atoms with E-state index in [1.807, 2.05) is 53.6 Å². The lowest BCUT2D eigenvalue weighted by Gasteiger charge is -2.41. The minimum atomic E-state index is -0.769. The molecule has 0 bridgehead atoms. The van der Waals surface area contributed by atoms with E-state index in [0.717, 1.165) is 52.2 Å². The molecular weight excluding hydrogens is 642 g/mol. The van der Waals surface area contributed by atoms with Crippen LogP contribution in [0.2, 0.25) is 0 Å². The van der Waals surface area contributed by atoms with Gasteiger partial charge in [0, 0.05) is 97.4 Å². The molecule has 3 aromatic heterocycles. The fraction of sp³-hybridized carbons (Fsp3) is 0.385. The molecule has 51 heavy (non-hydrogen) atoms. The van der Waals surface area contributed by atoms with Crippen molar-refractivity contribution in [3.63, 3.8) is 0 Å². The summed E-state index contributed by atoms with van der Waals surface area (Å²) in [6.45, 7) is 5.87. The zero-order valence-corrected chi connectivity index (χ0v) is 29.1. The normalized spacial score (nSPS) is 20.9. The lowest BCUT2D eigenvalue weighted by atomic mass is 9.87. The van der Waals surface area contributed by atoms with Crippen LogP contribution in [0.1, 0.15) is 37.8 Å². The van der Waals surface area contributed by atoms with E-state index in [-0.39, 0.29) is 31.0 Å². The van der Waals surface area contributed by atoms with Crippen LogP contribution in [-0.2, 0) is 14.3 Å². The van der Waals surface area contributed by atoms with Crippen molar-refractivity contribution < 1.29 is 14.3 Å². The molecule has 2 N–H and O–H groups in total. The molecule has 5 heterocycles. The van der Waals surface area contributed by atoms with Crippen molar-refractivity contribution >= 4 is 34.1 Å². The highest BCUT2D eigenvalue weighted by Gasteiger charge is 2.45. The molecule has 0 radical (unpaired) electrons. The van der Waals surface area contributed by atoms with Crippen LogP contribution < -0.4 is 10.2 Å². The molecule has 0 unspecified atom stereocenters. The maximum absolute atomic E-state index is 14.0. The van der Waals surface area contributed by atoms with Crippen molar-refractivity contribution in [1.29, 1.82) is 0 Å². The number of pyridine rings is 1. The molecule has 12 nitrogen and oxygen atoms in total. The van der Waals surface area contributed by atoms with Gasteiger partial charge in [-0.3, -0.25) is 24.6 Å². The van der Waals surface area contributed by atoms with Crippen molar-refractivity contribution in [3.8, 4) is 22.6 Å². The third kappa shape index (κ3) is 6.81. The molecule has 2 atom stereocenters. The first-order valence-corrected chi connectivity index (χ1v) is 17.8. The Bertz CT molecular complexity index is 2030. The maximum atomic E-state index is 14.0. The van der Waals surface area contributed by atoms with Gasteiger partial charge >= 0.3 is 0 Å². The fourth-order valence-corrected chi connectivity index (χ4v) is 7.63. The van der Waals surface area contributed by atoms with Crippen LogP contribution in [0.15, 0.2) is 79.3 Å². The summed E-state index contributed by atoms with van der Waals surface area (Å²) >= 11 is 0. The number of fused-ring (bicyclic) bond motifs is 1. The number of piperazine rings is 1. The number of hydrogen-bond donors (Lipinski definition) is 2. The topological polar surface area (TPSA) is 132 Å². The number of ether oxygens (including phenoxy) is 1. The zero-order valence-electron chi connectivity index (χ0n) is 29.1. The van der Waals surface area contributed by atoms with Gasteiger partial charge in [0.2, 0.25) is 11.8 Å². The number of nitrogens with zero attached hydrogens (tertiary/aromatic N) is 7. The van der Waals surface area contributed by atoms with Crippen LogP contribution >= 0.6 is 0 Å². The third-order valence-corrected chi connectivity index (χ3v) is 10.6. The highest BCUT2D eigenvalue weighted by atomic mass is 16.5. The van der Waals surface area contributed by atoms with Crippen LogP contribution in [0, 0.1) is 5.41 Å². The Labute approximate surface area is 297 Å². The molecule has 1 saturated carbocycles. The van der Waals surface area contributed by atoms with Crippen molar-refractivity contribution in [3.05, 3.63) is 84.9 Å². The standard InChI is InChI=1S/C39H43N9O3/c1-26-22-47(31-9-6-28(7-10-31)37-41-14-3-15-42-37)18-19-48(26)35(49)23-46-17-13-39(24-46,25-51-2)38(50)43-30-8-11-33-32(21-30)36(45-44-33)29-12-16-40-34(20-29)27-4-5-27/h3,6-12,14-16,20-21,26-27H,4-5,13,17-19,22-25H2,1-2H3,(H,43,50)(H,44,45)/t26-,39-/m1/s1. The van der Waals surface area contributed by atoms with Gasteiger partial charge in [-0.2, -0.15) is 5.10 Å². The van der Waals surface area contributed by atoms with Gasteiger partial charge < -0.3 is 19.9 Å². The second kappa shape index (κ2) is 13.8. The largest absolute Gasteiger partial charge is 0.384 e. The summed E-state index contributed by atoms with van der Waals surface area (Å²) in [6.07, 6.45) is 8.31. The number of hydrogen-bond acceptors (Lipinski definition) is 9. The Hall–Kier alpha value is -5.20. The van der Waals surface area contributed by atoms with Gasteiger partial charge in [0.25, 0.3) is 0 Å². The molecule has 8 rings (SSSR count). The van der Waals surface area contributed by atoms with E-state index in [4.69, 9.17) is 4.74 Å². The number of anilines is 2. The second-order valence-corrected chi connectivity index (χ2v) is 14.2. The van der Waals surface area contributed by atoms with E-state index < -0.39 is 5.41 Å². The smallest absolute Gasteiger partial charge is 0.237 e. The van der Waals surface area contributed by atoms with Gasteiger partial charge in [0.05, 0.1) is 24.1 Å². The van der Waals surface area contributed by atoms with Gasteiger partial charge in [-0.05, 0) is 93.4 Å². The Morgan fingerprint density at radius 1 is 0.961 bits per heavy atom. The van der Waals surface area contributed by atoms with Crippen molar-refractivity contribution in [2.24, 2.45) is 5.41 Å². The number of H-pyrrole nitrogens is 1. The summed E-state index contributed by atoms with van der Waals surface area (Å²) in [7, 11) is 1.63. The zero-order chi connectivity index (χ0) is 35.0. The average Bonchev–Trinajstić information content (AvgIpc) is 3.81. The van der Waals surface area contributed by atoms with Crippen LogP contribution in [0.5, 0.6) is 0 Å². The number of rotatable bonds is 10. The van der Waals surface area contributed by atoms with E-state index >= 15 is 0 Å². The summed E-state index contributed by atoms with van der Waals surface area (Å²) in [5, 5.41) is 11.9. The van der Waals surface area contributed by atoms with E-state index in [9.17, 15) is 9.59 Å². The van der Waals surface area contributed by atoms with Crippen LogP contribution in [-0.4, -0.2) is 106 Å². The number of amides is 2. The number of methoxy groups -OCH3 is 1. The molecular formula is C39H43N9O3. The Kier molecular flexibility index (Phi) is 8.95. The molecule has 0 spiro atoms. The first-order chi connectivity index (χ1) is 24.9. The number of nitrogens with one attached hydrogen (secondary N) is 2. The SMILES string of the molecule is COC[C@@]1(C(=O)Nc2ccc3[nH]nc(-c4ccnc(C5CC5)c4)c3c2)CCN(CC(=O)N2CCN(c3ccc(-c4ncccn4)cc3)C[C@H]2C)C1. The van der Waals surface area contributed by atoms with Crippen molar-refractivity contribution in [2.45, 2.75) is 38.1 Å². The quantitative estimate of drug-likeness (QED) is 0.209. The number of carbonyl (C=O) groups excluding carboxylic acids is 2.